The monoisotopic (exact) mass is 396 g/mol. The minimum atomic E-state index is -0.565. The molecule has 5 nitrogen and oxygen atoms in total. The van der Waals surface area contributed by atoms with Gasteiger partial charge in [0.15, 0.2) is 0 Å². The number of H-pyrrole nitrogens is 1. The second-order valence-corrected chi connectivity index (χ2v) is 7.25. The van der Waals surface area contributed by atoms with Crippen LogP contribution in [0.4, 0.5) is 14.5 Å². The van der Waals surface area contributed by atoms with E-state index in [1.165, 1.54) is 18.2 Å². The van der Waals surface area contributed by atoms with Gasteiger partial charge in [-0.25, -0.2) is 13.8 Å². The summed E-state index contributed by atoms with van der Waals surface area (Å²) in [5, 5.41) is 0. The topological polar surface area (TPSA) is 52.2 Å². The molecule has 1 fully saturated rings. The highest BCUT2D eigenvalue weighted by Crippen LogP contribution is 2.24. The molecular weight excluding hydrogens is 374 g/mol. The summed E-state index contributed by atoms with van der Waals surface area (Å²) < 4.78 is 27.2. The zero-order chi connectivity index (χ0) is 20.4. The van der Waals surface area contributed by atoms with Crippen molar-refractivity contribution in [3.63, 3.8) is 0 Å². The van der Waals surface area contributed by atoms with E-state index in [0.717, 1.165) is 30.3 Å². The molecule has 0 amide bonds. The third-order valence-electron chi connectivity index (χ3n) is 5.16. The van der Waals surface area contributed by atoms with Crippen LogP contribution >= 0.6 is 0 Å². The van der Waals surface area contributed by atoms with Crippen LogP contribution in [-0.2, 0) is 6.54 Å². The van der Waals surface area contributed by atoms with Gasteiger partial charge in [0.25, 0.3) is 5.56 Å². The molecule has 0 saturated carbocycles. The predicted octanol–water partition coefficient (Wildman–Crippen LogP) is 3.35. The number of nitrogens with zero attached hydrogens (tertiary/aromatic N) is 3. The third-order valence-corrected chi connectivity index (χ3v) is 5.16. The van der Waals surface area contributed by atoms with E-state index in [0.29, 0.717) is 36.8 Å². The van der Waals surface area contributed by atoms with Gasteiger partial charge in [-0.3, -0.25) is 9.69 Å². The number of anilines is 1. The van der Waals surface area contributed by atoms with Crippen LogP contribution in [0.2, 0.25) is 0 Å². The summed E-state index contributed by atoms with van der Waals surface area (Å²) in [6.07, 6.45) is 0. The second-order valence-electron chi connectivity index (χ2n) is 7.25. The van der Waals surface area contributed by atoms with E-state index < -0.39 is 11.6 Å². The van der Waals surface area contributed by atoms with E-state index >= 15 is 0 Å². The van der Waals surface area contributed by atoms with Crippen LogP contribution in [0.25, 0.3) is 11.4 Å². The van der Waals surface area contributed by atoms with Crippen LogP contribution < -0.4 is 10.5 Å². The van der Waals surface area contributed by atoms with Crippen molar-refractivity contribution in [2.45, 2.75) is 13.5 Å². The molecule has 1 N–H and O–H groups in total. The summed E-state index contributed by atoms with van der Waals surface area (Å²) in [6.45, 7) is 5.32. The molecular formula is C22H22F2N4O. The summed E-state index contributed by atoms with van der Waals surface area (Å²) in [6, 6.07) is 13.1. The Hall–Kier alpha value is -3.06. The van der Waals surface area contributed by atoms with E-state index in [4.69, 9.17) is 0 Å². The number of hydrogen-bond donors (Lipinski definition) is 1. The Kier molecular flexibility index (Phi) is 5.40. The van der Waals surface area contributed by atoms with Gasteiger partial charge in [-0.2, -0.15) is 0 Å². The highest BCUT2D eigenvalue weighted by atomic mass is 19.1. The molecule has 2 aromatic carbocycles. The van der Waals surface area contributed by atoms with Crippen molar-refractivity contribution in [1.82, 2.24) is 14.9 Å². The largest absolute Gasteiger partial charge is 0.367 e. The summed E-state index contributed by atoms with van der Waals surface area (Å²) in [7, 11) is 0. The van der Waals surface area contributed by atoms with Crippen LogP contribution in [0.1, 0.15) is 11.3 Å². The molecule has 3 aromatic rings. The SMILES string of the molecule is Cc1cc(=O)[nH]c(-c2ccccc2CN2CCN(c3ccc(F)cc3F)CC2)n1. The van der Waals surface area contributed by atoms with Gasteiger partial charge in [-0.15, -0.1) is 0 Å². The molecule has 1 aromatic heterocycles. The van der Waals surface area contributed by atoms with Crippen molar-refractivity contribution >= 4 is 5.69 Å². The molecule has 0 radical (unpaired) electrons. The number of benzene rings is 2. The summed E-state index contributed by atoms with van der Waals surface area (Å²) >= 11 is 0. The predicted molar refractivity (Wildman–Crippen MR) is 109 cm³/mol. The highest BCUT2D eigenvalue weighted by molar-refractivity contribution is 5.60. The summed E-state index contributed by atoms with van der Waals surface area (Å²) in [5.41, 5.74) is 2.92. The number of aromatic amines is 1. The zero-order valence-electron chi connectivity index (χ0n) is 16.2. The van der Waals surface area contributed by atoms with Crippen molar-refractivity contribution in [2.24, 2.45) is 0 Å². The fourth-order valence-electron chi connectivity index (χ4n) is 3.72. The minimum Gasteiger partial charge on any atom is -0.367 e. The van der Waals surface area contributed by atoms with E-state index in [9.17, 15) is 13.6 Å². The Labute approximate surface area is 167 Å². The van der Waals surface area contributed by atoms with Gasteiger partial charge in [0, 0.05) is 56.1 Å². The van der Waals surface area contributed by atoms with Crippen LogP contribution in [0, 0.1) is 18.6 Å². The van der Waals surface area contributed by atoms with Crippen molar-refractivity contribution in [2.75, 3.05) is 31.1 Å². The van der Waals surface area contributed by atoms with Crippen LogP contribution in [0.5, 0.6) is 0 Å². The maximum atomic E-state index is 14.1. The van der Waals surface area contributed by atoms with Gasteiger partial charge >= 0.3 is 0 Å². The molecule has 0 unspecified atom stereocenters. The summed E-state index contributed by atoms with van der Waals surface area (Å²) in [5.74, 6) is -0.528. The number of rotatable bonds is 4. The first-order valence-corrected chi connectivity index (χ1v) is 9.58. The van der Waals surface area contributed by atoms with Crippen molar-refractivity contribution in [3.8, 4) is 11.4 Å². The molecule has 150 valence electrons. The Bertz CT molecular complexity index is 1070. The Morgan fingerprint density at radius 2 is 1.79 bits per heavy atom. The average Bonchev–Trinajstić information content (AvgIpc) is 2.68. The van der Waals surface area contributed by atoms with Crippen molar-refractivity contribution < 1.29 is 8.78 Å². The van der Waals surface area contributed by atoms with Gasteiger partial charge in [0.2, 0.25) is 0 Å². The molecule has 1 aliphatic rings. The first-order valence-electron chi connectivity index (χ1n) is 9.58. The van der Waals surface area contributed by atoms with Crippen LogP contribution in [-0.4, -0.2) is 41.0 Å². The number of halogens is 2. The lowest BCUT2D eigenvalue weighted by molar-refractivity contribution is 0.249. The molecule has 29 heavy (non-hydrogen) atoms. The minimum absolute atomic E-state index is 0.169. The third kappa shape index (κ3) is 4.35. The first-order chi connectivity index (χ1) is 14.0. The van der Waals surface area contributed by atoms with E-state index in [-0.39, 0.29) is 5.56 Å². The fraction of sp³-hybridized carbons (Fsp3) is 0.273. The number of nitrogens with one attached hydrogen (secondary N) is 1. The van der Waals surface area contributed by atoms with E-state index in [2.05, 4.69) is 14.9 Å². The van der Waals surface area contributed by atoms with Gasteiger partial charge in [0.1, 0.15) is 17.5 Å². The van der Waals surface area contributed by atoms with Gasteiger partial charge in [0.05, 0.1) is 5.69 Å². The lowest BCUT2D eigenvalue weighted by Gasteiger charge is -2.36. The second kappa shape index (κ2) is 8.13. The molecule has 0 aliphatic carbocycles. The summed E-state index contributed by atoms with van der Waals surface area (Å²) in [4.78, 5) is 23.4. The fourth-order valence-corrected chi connectivity index (χ4v) is 3.72. The van der Waals surface area contributed by atoms with Gasteiger partial charge < -0.3 is 9.88 Å². The normalized spacial score (nSPS) is 14.9. The smallest absolute Gasteiger partial charge is 0.251 e. The number of aromatic nitrogens is 2. The van der Waals surface area contributed by atoms with E-state index in [1.54, 1.807) is 6.92 Å². The molecule has 0 spiro atoms. The average molecular weight is 396 g/mol. The highest BCUT2D eigenvalue weighted by Gasteiger charge is 2.21. The standard InChI is InChI=1S/C22H22F2N4O/c1-15-12-21(29)26-22(25-15)18-5-3-2-4-16(18)14-27-8-10-28(11-9-27)20-7-6-17(23)13-19(20)24/h2-7,12-13H,8-11,14H2,1H3,(H,25,26,29). The molecule has 1 aliphatic heterocycles. The Balaban J connectivity index is 1.48. The Morgan fingerprint density at radius 3 is 2.52 bits per heavy atom. The van der Waals surface area contributed by atoms with Crippen molar-refractivity contribution in [3.05, 3.63) is 81.8 Å². The zero-order valence-corrected chi connectivity index (χ0v) is 16.2. The lowest BCUT2D eigenvalue weighted by Crippen LogP contribution is -2.46. The number of aryl methyl sites for hydroxylation is 1. The number of hydrogen-bond acceptors (Lipinski definition) is 4. The molecule has 1 saturated heterocycles. The molecule has 2 heterocycles. The Morgan fingerprint density at radius 1 is 1.03 bits per heavy atom. The maximum Gasteiger partial charge on any atom is 0.251 e. The maximum absolute atomic E-state index is 14.1. The van der Waals surface area contributed by atoms with Crippen LogP contribution in [0.15, 0.2) is 53.3 Å². The van der Waals surface area contributed by atoms with Crippen LogP contribution in [0.3, 0.4) is 0 Å². The molecule has 0 bridgehead atoms. The molecule has 0 atom stereocenters. The lowest BCUT2D eigenvalue weighted by atomic mass is 10.1. The molecule has 4 rings (SSSR count). The first kappa shape index (κ1) is 19.3. The number of piperazine rings is 1. The van der Waals surface area contributed by atoms with Crippen molar-refractivity contribution in [1.29, 1.82) is 0 Å². The molecule has 7 heteroatoms. The van der Waals surface area contributed by atoms with E-state index in [1.807, 2.05) is 29.2 Å². The van der Waals surface area contributed by atoms with Gasteiger partial charge in [-0.1, -0.05) is 24.3 Å². The van der Waals surface area contributed by atoms with Gasteiger partial charge in [-0.05, 0) is 24.6 Å². The quantitative estimate of drug-likeness (QED) is 0.735.